The van der Waals surface area contributed by atoms with E-state index in [0.717, 1.165) is 28.5 Å². The molecule has 1 N–H and O–H groups in total. The summed E-state index contributed by atoms with van der Waals surface area (Å²) in [6.07, 6.45) is 2.01. The molecule has 0 radical (unpaired) electrons. The van der Waals surface area contributed by atoms with Gasteiger partial charge in [0.15, 0.2) is 0 Å². The molecule has 2 aliphatic rings. The predicted molar refractivity (Wildman–Crippen MR) is 114 cm³/mol. The van der Waals surface area contributed by atoms with E-state index in [-0.39, 0.29) is 24.1 Å². The molecular formula is C22H29FN2O3S. The minimum Gasteiger partial charge on any atom is -0.478 e. The van der Waals surface area contributed by atoms with Crippen LogP contribution < -0.4 is 0 Å². The van der Waals surface area contributed by atoms with Crippen LogP contribution in [0.15, 0.2) is 46.5 Å². The van der Waals surface area contributed by atoms with E-state index in [1.165, 1.54) is 23.9 Å². The molecule has 2 heterocycles. The number of thioether (sulfide) groups is 1. The Labute approximate surface area is 176 Å². The van der Waals surface area contributed by atoms with Crippen molar-refractivity contribution in [1.29, 1.82) is 0 Å². The van der Waals surface area contributed by atoms with Gasteiger partial charge >= 0.3 is 5.97 Å². The van der Waals surface area contributed by atoms with Gasteiger partial charge in [0.25, 0.3) is 0 Å². The van der Waals surface area contributed by atoms with E-state index in [0.29, 0.717) is 18.7 Å². The summed E-state index contributed by atoms with van der Waals surface area (Å²) in [5, 5.41) is 10.6. The molecule has 1 fully saturated rings. The summed E-state index contributed by atoms with van der Waals surface area (Å²) in [6, 6.07) is 6.70. The van der Waals surface area contributed by atoms with Gasteiger partial charge in [-0.25, -0.2) is 9.18 Å². The molecule has 5 nitrogen and oxygen atoms in total. The average molecular weight is 421 g/mol. The highest BCUT2D eigenvalue weighted by Crippen LogP contribution is 2.37. The summed E-state index contributed by atoms with van der Waals surface area (Å²) in [7, 11) is 0. The number of benzene rings is 1. The van der Waals surface area contributed by atoms with Crippen LogP contribution >= 0.6 is 11.8 Å². The zero-order valence-corrected chi connectivity index (χ0v) is 18.2. The van der Waals surface area contributed by atoms with E-state index in [9.17, 15) is 14.3 Å². The third-order valence-electron chi connectivity index (χ3n) is 5.32. The standard InChI is InChI=1S/C22H29FN2O3S/c1-5-29-21-20(22(26)27)14(2)9-19(24-11-16(4)28-13-15(24)3)25(21)12-17-7-6-8-18(23)10-17/h6-10,15-16,19H,5,11-13H2,1-4H3,(H,26,27). The Morgan fingerprint density at radius 2 is 2.14 bits per heavy atom. The topological polar surface area (TPSA) is 53.0 Å². The molecule has 1 aromatic carbocycles. The molecule has 158 valence electrons. The first-order chi connectivity index (χ1) is 13.8. The molecule has 0 saturated carbocycles. The van der Waals surface area contributed by atoms with Crippen molar-refractivity contribution in [2.45, 2.75) is 52.6 Å². The van der Waals surface area contributed by atoms with Crippen LogP contribution in [0.4, 0.5) is 4.39 Å². The Bertz CT molecular complexity index is 826. The zero-order valence-electron chi connectivity index (χ0n) is 17.4. The third kappa shape index (κ3) is 4.85. The maximum absolute atomic E-state index is 13.8. The minimum absolute atomic E-state index is 0.100. The lowest BCUT2D eigenvalue weighted by atomic mass is 10.0. The van der Waals surface area contributed by atoms with Crippen LogP contribution in [0.25, 0.3) is 0 Å². The zero-order chi connectivity index (χ0) is 21.1. The fourth-order valence-electron chi connectivity index (χ4n) is 3.95. The lowest BCUT2D eigenvalue weighted by molar-refractivity contribution is -0.132. The Morgan fingerprint density at radius 3 is 2.79 bits per heavy atom. The second kappa shape index (κ2) is 9.32. The average Bonchev–Trinajstić information content (AvgIpc) is 2.65. The van der Waals surface area contributed by atoms with Crippen molar-refractivity contribution in [3.63, 3.8) is 0 Å². The first-order valence-corrected chi connectivity index (χ1v) is 11.0. The third-order valence-corrected chi connectivity index (χ3v) is 6.32. The van der Waals surface area contributed by atoms with Crippen molar-refractivity contribution < 1.29 is 19.0 Å². The molecule has 0 aromatic heterocycles. The van der Waals surface area contributed by atoms with Gasteiger partial charge in [0.1, 0.15) is 12.0 Å². The molecule has 0 aliphatic carbocycles. The largest absolute Gasteiger partial charge is 0.478 e. The smallest absolute Gasteiger partial charge is 0.338 e. The van der Waals surface area contributed by atoms with Crippen LogP contribution in [0, 0.1) is 5.82 Å². The van der Waals surface area contributed by atoms with Gasteiger partial charge in [-0.3, -0.25) is 4.90 Å². The Kier molecular flexibility index (Phi) is 7.03. The van der Waals surface area contributed by atoms with Gasteiger partial charge in [0, 0.05) is 19.1 Å². The monoisotopic (exact) mass is 420 g/mol. The highest BCUT2D eigenvalue weighted by atomic mass is 32.2. The number of ether oxygens (including phenoxy) is 1. The summed E-state index contributed by atoms with van der Waals surface area (Å²) in [5.74, 6) is -0.468. The molecule has 3 rings (SSSR count). The lowest BCUT2D eigenvalue weighted by Crippen LogP contribution is -2.57. The van der Waals surface area contributed by atoms with Gasteiger partial charge in [-0.2, -0.15) is 0 Å². The molecule has 2 aliphatic heterocycles. The summed E-state index contributed by atoms with van der Waals surface area (Å²) < 4.78 is 19.6. The van der Waals surface area contributed by atoms with Crippen molar-refractivity contribution in [1.82, 2.24) is 9.80 Å². The number of hydrogen-bond donors (Lipinski definition) is 1. The summed E-state index contributed by atoms with van der Waals surface area (Å²) in [6.45, 7) is 9.86. The van der Waals surface area contributed by atoms with E-state index in [2.05, 4.69) is 23.6 Å². The number of halogens is 1. The molecule has 1 saturated heterocycles. The van der Waals surface area contributed by atoms with Gasteiger partial charge < -0.3 is 14.7 Å². The maximum atomic E-state index is 13.8. The SMILES string of the molecule is CCSC1=C(C(=O)O)C(C)=CC(N2CC(C)OCC2C)N1Cc1cccc(F)c1. The molecule has 0 spiro atoms. The van der Waals surface area contributed by atoms with E-state index in [1.54, 1.807) is 6.07 Å². The van der Waals surface area contributed by atoms with E-state index < -0.39 is 5.97 Å². The van der Waals surface area contributed by atoms with Gasteiger partial charge in [-0.1, -0.05) is 19.1 Å². The number of morpholine rings is 1. The predicted octanol–water partition coefficient (Wildman–Crippen LogP) is 4.07. The molecule has 0 amide bonds. The summed E-state index contributed by atoms with van der Waals surface area (Å²) in [5.41, 5.74) is 1.91. The molecule has 3 atom stereocenters. The maximum Gasteiger partial charge on any atom is 0.338 e. The molecule has 0 bridgehead atoms. The highest BCUT2D eigenvalue weighted by molar-refractivity contribution is 8.03. The Hall–Kier alpha value is -1.83. The van der Waals surface area contributed by atoms with Crippen LogP contribution in [0.3, 0.4) is 0 Å². The highest BCUT2D eigenvalue weighted by Gasteiger charge is 2.37. The van der Waals surface area contributed by atoms with Crippen LogP contribution in [0.2, 0.25) is 0 Å². The number of hydrogen-bond acceptors (Lipinski definition) is 5. The number of carboxylic acids is 1. The van der Waals surface area contributed by atoms with Gasteiger partial charge in [-0.15, -0.1) is 11.8 Å². The molecule has 1 aromatic rings. The van der Waals surface area contributed by atoms with Gasteiger partial charge in [0.2, 0.25) is 0 Å². The quantitative estimate of drug-likeness (QED) is 0.749. The first kappa shape index (κ1) is 21.9. The summed E-state index contributed by atoms with van der Waals surface area (Å²) in [4.78, 5) is 16.5. The number of rotatable bonds is 6. The minimum atomic E-state index is -0.930. The van der Waals surface area contributed by atoms with Crippen molar-refractivity contribution in [3.05, 3.63) is 57.9 Å². The van der Waals surface area contributed by atoms with E-state index in [1.807, 2.05) is 26.0 Å². The molecular weight excluding hydrogens is 391 g/mol. The molecule has 29 heavy (non-hydrogen) atoms. The normalized spacial score (nSPS) is 25.9. The lowest BCUT2D eigenvalue weighted by Gasteiger charge is -2.48. The van der Waals surface area contributed by atoms with E-state index in [4.69, 9.17) is 4.74 Å². The van der Waals surface area contributed by atoms with Crippen molar-refractivity contribution in [2.24, 2.45) is 0 Å². The van der Waals surface area contributed by atoms with Crippen molar-refractivity contribution in [2.75, 3.05) is 18.9 Å². The second-order valence-electron chi connectivity index (χ2n) is 7.63. The van der Waals surface area contributed by atoms with Gasteiger partial charge in [-0.05, 0) is 55.9 Å². The fraction of sp³-hybridized carbons (Fsp3) is 0.500. The number of nitrogens with zero attached hydrogens (tertiary/aromatic N) is 2. The molecule has 3 unspecified atom stereocenters. The van der Waals surface area contributed by atoms with Crippen LogP contribution in [0.5, 0.6) is 0 Å². The number of aliphatic carboxylic acids is 1. The molecule has 7 heteroatoms. The van der Waals surface area contributed by atoms with Crippen LogP contribution in [-0.2, 0) is 16.1 Å². The van der Waals surface area contributed by atoms with E-state index >= 15 is 0 Å². The van der Waals surface area contributed by atoms with Crippen LogP contribution in [0.1, 0.15) is 33.3 Å². The fourth-order valence-corrected chi connectivity index (χ4v) is 4.96. The Morgan fingerprint density at radius 1 is 1.38 bits per heavy atom. The number of carboxylic acid groups (broad SMARTS) is 1. The van der Waals surface area contributed by atoms with Crippen molar-refractivity contribution in [3.8, 4) is 0 Å². The summed E-state index contributed by atoms with van der Waals surface area (Å²) >= 11 is 1.53. The number of carbonyl (C=O) groups is 1. The van der Waals surface area contributed by atoms with Gasteiger partial charge in [0.05, 0.1) is 23.3 Å². The second-order valence-corrected chi connectivity index (χ2v) is 8.88. The first-order valence-electron chi connectivity index (χ1n) is 9.99. The Balaban J connectivity index is 2.06. The van der Waals surface area contributed by atoms with Crippen molar-refractivity contribution >= 4 is 17.7 Å². The van der Waals surface area contributed by atoms with Crippen LogP contribution in [-0.4, -0.2) is 58.1 Å².